The van der Waals surface area contributed by atoms with Crippen LogP contribution in [0.4, 0.5) is 0 Å². The highest BCUT2D eigenvalue weighted by molar-refractivity contribution is 8.00. The van der Waals surface area contributed by atoms with Gasteiger partial charge in [-0.25, -0.2) is 0 Å². The predicted octanol–water partition coefficient (Wildman–Crippen LogP) is 3.94. The van der Waals surface area contributed by atoms with Gasteiger partial charge >= 0.3 is 0 Å². The van der Waals surface area contributed by atoms with Crippen LogP contribution in [0, 0.1) is 0 Å². The van der Waals surface area contributed by atoms with Gasteiger partial charge in [-0.2, -0.15) is 0 Å². The van der Waals surface area contributed by atoms with Crippen molar-refractivity contribution in [3.63, 3.8) is 0 Å². The second-order valence-corrected chi connectivity index (χ2v) is 5.49. The molecule has 0 N–H and O–H groups in total. The summed E-state index contributed by atoms with van der Waals surface area (Å²) >= 11 is 7.55. The van der Waals surface area contributed by atoms with Gasteiger partial charge in [0.25, 0.3) is 0 Å². The summed E-state index contributed by atoms with van der Waals surface area (Å²) in [7, 11) is 0. The van der Waals surface area contributed by atoms with E-state index in [0.29, 0.717) is 5.78 Å². The van der Waals surface area contributed by atoms with Gasteiger partial charge < -0.3 is 0 Å². The molecule has 0 amide bonds. The maximum Gasteiger partial charge on any atom is 0.146 e. The van der Waals surface area contributed by atoms with Crippen molar-refractivity contribution in [1.29, 1.82) is 0 Å². The zero-order chi connectivity index (χ0) is 10.7. The molecule has 0 spiro atoms. The van der Waals surface area contributed by atoms with Gasteiger partial charge in [-0.3, -0.25) is 4.79 Å². The third-order valence-electron chi connectivity index (χ3n) is 2.57. The SMILES string of the molecule is O=C1CCCCC1Sc1cccc(Cl)c1. The third-order valence-corrected chi connectivity index (χ3v) is 4.12. The summed E-state index contributed by atoms with van der Waals surface area (Å²) in [5.41, 5.74) is 0. The van der Waals surface area contributed by atoms with Crippen molar-refractivity contribution < 1.29 is 4.79 Å². The van der Waals surface area contributed by atoms with Crippen molar-refractivity contribution in [3.8, 4) is 0 Å². The van der Waals surface area contributed by atoms with Crippen LogP contribution >= 0.6 is 23.4 Å². The quantitative estimate of drug-likeness (QED) is 0.779. The highest BCUT2D eigenvalue weighted by Gasteiger charge is 2.22. The van der Waals surface area contributed by atoms with E-state index in [0.717, 1.165) is 29.2 Å². The summed E-state index contributed by atoms with van der Waals surface area (Å²) in [6.45, 7) is 0. The van der Waals surface area contributed by atoms with Gasteiger partial charge in [-0.15, -0.1) is 11.8 Å². The number of ketones is 1. The standard InChI is InChI=1S/C12H13ClOS/c13-9-4-3-5-10(8-9)15-12-7-2-1-6-11(12)14/h3-5,8,12H,1-2,6-7H2. The first-order chi connectivity index (χ1) is 7.25. The number of halogens is 1. The van der Waals surface area contributed by atoms with Crippen molar-refractivity contribution >= 4 is 29.1 Å². The molecule has 3 heteroatoms. The van der Waals surface area contributed by atoms with Crippen LogP contribution in [0.5, 0.6) is 0 Å². The first kappa shape index (κ1) is 11.0. The first-order valence-corrected chi connectivity index (χ1v) is 6.46. The summed E-state index contributed by atoms with van der Waals surface area (Å²) in [5.74, 6) is 0.395. The Hall–Kier alpha value is -0.470. The number of carbonyl (C=O) groups is 1. The van der Waals surface area contributed by atoms with Crippen molar-refractivity contribution in [3.05, 3.63) is 29.3 Å². The van der Waals surface area contributed by atoms with E-state index in [-0.39, 0.29) is 5.25 Å². The van der Waals surface area contributed by atoms with Crippen molar-refractivity contribution in [1.82, 2.24) is 0 Å². The summed E-state index contributed by atoms with van der Waals surface area (Å²) in [5, 5.41) is 0.889. The second kappa shape index (κ2) is 5.04. The molecular weight excluding hydrogens is 228 g/mol. The molecule has 1 aromatic rings. The Bertz CT molecular complexity index is 364. The largest absolute Gasteiger partial charge is 0.298 e. The molecule has 1 aliphatic rings. The second-order valence-electron chi connectivity index (χ2n) is 3.78. The monoisotopic (exact) mass is 240 g/mol. The molecular formula is C12H13ClOS. The number of hydrogen-bond donors (Lipinski definition) is 0. The third kappa shape index (κ3) is 2.99. The zero-order valence-corrected chi connectivity index (χ0v) is 9.98. The van der Waals surface area contributed by atoms with Crippen LogP contribution in [0.15, 0.2) is 29.2 Å². The lowest BCUT2D eigenvalue weighted by Crippen LogP contribution is -2.21. The topological polar surface area (TPSA) is 17.1 Å². The van der Waals surface area contributed by atoms with Crippen LogP contribution in [0.25, 0.3) is 0 Å². The normalized spacial score (nSPS) is 21.7. The Balaban J connectivity index is 2.04. The van der Waals surface area contributed by atoms with Gasteiger partial charge in [-0.1, -0.05) is 24.1 Å². The van der Waals surface area contributed by atoms with E-state index >= 15 is 0 Å². The molecule has 15 heavy (non-hydrogen) atoms. The number of benzene rings is 1. The number of thioether (sulfide) groups is 1. The van der Waals surface area contributed by atoms with Gasteiger partial charge in [-0.05, 0) is 31.0 Å². The van der Waals surface area contributed by atoms with Gasteiger partial charge in [0.05, 0.1) is 5.25 Å². The summed E-state index contributed by atoms with van der Waals surface area (Å²) in [6.07, 6.45) is 3.99. The molecule has 0 aliphatic heterocycles. The van der Waals surface area contributed by atoms with Crippen LogP contribution in [0.3, 0.4) is 0 Å². The van der Waals surface area contributed by atoms with E-state index in [4.69, 9.17) is 11.6 Å². The Morgan fingerprint density at radius 1 is 1.33 bits per heavy atom. The molecule has 1 fully saturated rings. The molecule has 0 radical (unpaired) electrons. The summed E-state index contributed by atoms with van der Waals surface area (Å²) in [4.78, 5) is 12.7. The molecule has 0 heterocycles. The predicted molar refractivity (Wildman–Crippen MR) is 64.6 cm³/mol. The van der Waals surface area contributed by atoms with E-state index in [2.05, 4.69) is 0 Å². The van der Waals surface area contributed by atoms with E-state index < -0.39 is 0 Å². The highest BCUT2D eigenvalue weighted by Crippen LogP contribution is 2.32. The molecule has 2 rings (SSSR count). The molecule has 80 valence electrons. The van der Waals surface area contributed by atoms with Crippen LogP contribution in [0.2, 0.25) is 5.02 Å². The maximum absolute atomic E-state index is 11.6. The number of hydrogen-bond acceptors (Lipinski definition) is 2. The summed E-state index contributed by atoms with van der Waals surface area (Å²) in [6, 6.07) is 7.72. The summed E-state index contributed by atoms with van der Waals surface area (Å²) < 4.78 is 0. The fourth-order valence-electron chi connectivity index (χ4n) is 1.78. The smallest absolute Gasteiger partial charge is 0.146 e. The Labute approximate surface area is 99.2 Å². The molecule has 1 unspecified atom stereocenters. The fraction of sp³-hybridized carbons (Fsp3) is 0.417. The van der Waals surface area contributed by atoms with Crippen molar-refractivity contribution in [2.45, 2.75) is 35.8 Å². The molecule has 0 bridgehead atoms. The van der Waals surface area contributed by atoms with Gasteiger partial charge in [0.15, 0.2) is 0 Å². The van der Waals surface area contributed by atoms with E-state index in [1.165, 1.54) is 6.42 Å². The van der Waals surface area contributed by atoms with Crippen LogP contribution in [0.1, 0.15) is 25.7 Å². The Kier molecular flexibility index (Phi) is 3.71. The molecule has 1 saturated carbocycles. The minimum absolute atomic E-state index is 0.150. The molecule has 1 aliphatic carbocycles. The zero-order valence-electron chi connectivity index (χ0n) is 8.41. The van der Waals surface area contributed by atoms with Crippen molar-refractivity contribution in [2.75, 3.05) is 0 Å². The Morgan fingerprint density at radius 3 is 2.93 bits per heavy atom. The number of carbonyl (C=O) groups excluding carboxylic acids is 1. The van der Waals surface area contributed by atoms with Gasteiger partial charge in [0.2, 0.25) is 0 Å². The lowest BCUT2D eigenvalue weighted by Gasteiger charge is -2.19. The van der Waals surface area contributed by atoms with E-state index in [1.54, 1.807) is 11.8 Å². The van der Waals surface area contributed by atoms with Crippen LogP contribution in [-0.2, 0) is 4.79 Å². The van der Waals surface area contributed by atoms with Gasteiger partial charge in [0, 0.05) is 16.3 Å². The molecule has 1 atom stereocenters. The van der Waals surface area contributed by atoms with Gasteiger partial charge in [0.1, 0.15) is 5.78 Å². The Morgan fingerprint density at radius 2 is 2.20 bits per heavy atom. The molecule has 0 saturated heterocycles. The first-order valence-electron chi connectivity index (χ1n) is 5.20. The lowest BCUT2D eigenvalue weighted by atomic mass is 9.99. The molecule has 0 aromatic heterocycles. The average Bonchev–Trinajstić information content (AvgIpc) is 2.22. The average molecular weight is 241 g/mol. The van der Waals surface area contributed by atoms with E-state index in [1.807, 2.05) is 24.3 Å². The van der Waals surface area contributed by atoms with Crippen LogP contribution in [-0.4, -0.2) is 11.0 Å². The maximum atomic E-state index is 11.6. The lowest BCUT2D eigenvalue weighted by molar-refractivity contribution is -0.119. The molecule has 1 aromatic carbocycles. The number of Topliss-reactive ketones (excluding diaryl/α,β-unsaturated/α-hetero) is 1. The van der Waals surface area contributed by atoms with Crippen molar-refractivity contribution in [2.24, 2.45) is 0 Å². The number of rotatable bonds is 2. The minimum Gasteiger partial charge on any atom is -0.298 e. The highest BCUT2D eigenvalue weighted by atomic mass is 35.5. The minimum atomic E-state index is 0.150. The van der Waals surface area contributed by atoms with Crippen LogP contribution < -0.4 is 0 Å². The fourth-order valence-corrected chi connectivity index (χ4v) is 3.25. The van der Waals surface area contributed by atoms with E-state index in [9.17, 15) is 4.79 Å². The molecule has 1 nitrogen and oxygen atoms in total.